The Balaban J connectivity index is 2.35. The van der Waals surface area contributed by atoms with Crippen LogP contribution >= 0.6 is 0 Å². The first-order chi connectivity index (χ1) is 8.11. The fraction of sp³-hybridized carbons (Fsp3) is 0.333. The highest BCUT2D eigenvalue weighted by Gasteiger charge is 2.19. The van der Waals surface area contributed by atoms with Gasteiger partial charge in [0, 0.05) is 12.0 Å². The largest absolute Gasteiger partial charge is 0.339 e. The summed E-state index contributed by atoms with van der Waals surface area (Å²) in [6, 6.07) is 4.09. The van der Waals surface area contributed by atoms with Crippen LogP contribution in [0, 0.1) is 12.7 Å². The summed E-state index contributed by atoms with van der Waals surface area (Å²) < 4.78 is 18.6. The molecule has 4 nitrogen and oxygen atoms in total. The minimum Gasteiger partial charge on any atom is -0.339 e. The summed E-state index contributed by atoms with van der Waals surface area (Å²) in [5.41, 5.74) is 7.25. The lowest BCUT2D eigenvalue weighted by molar-refractivity contribution is 0.374. The molecule has 5 heteroatoms. The average molecular weight is 235 g/mol. The van der Waals surface area contributed by atoms with Gasteiger partial charge in [0.25, 0.3) is 0 Å². The van der Waals surface area contributed by atoms with Crippen LogP contribution in [0.3, 0.4) is 0 Å². The van der Waals surface area contributed by atoms with Crippen molar-refractivity contribution < 1.29 is 8.91 Å². The number of nitrogens with two attached hydrogens (primary N) is 1. The second kappa shape index (κ2) is 4.63. The molecule has 2 rings (SSSR count). The van der Waals surface area contributed by atoms with Crippen molar-refractivity contribution in [3.63, 3.8) is 0 Å². The van der Waals surface area contributed by atoms with E-state index < -0.39 is 6.04 Å². The van der Waals surface area contributed by atoms with Crippen LogP contribution in [0.25, 0.3) is 0 Å². The predicted molar refractivity (Wildman–Crippen MR) is 60.8 cm³/mol. The Bertz CT molecular complexity index is 524. The van der Waals surface area contributed by atoms with E-state index in [4.69, 9.17) is 10.3 Å². The lowest BCUT2D eigenvalue weighted by Gasteiger charge is -2.09. The molecule has 1 unspecified atom stereocenters. The van der Waals surface area contributed by atoms with Crippen molar-refractivity contribution in [3.05, 3.63) is 46.9 Å². The summed E-state index contributed by atoms with van der Waals surface area (Å²) >= 11 is 0. The highest BCUT2D eigenvalue weighted by Crippen LogP contribution is 2.21. The summed E-state index contributed by atoms with van der Waals surface area (Å²) in [7, 11) is 0. The molecule has 17 heavy (non-hydrogen) atoms. The minimum absolute atomic E-state index is 0.311. The number of hydrogen-bond donors (Lipinski definition) is 1. The van der Waals surface area contributed by atoms with E-state index in [9.17, 15) is 4.39 Å². The van der Waals surface area contributed by atoms with Gasteiger partial charge in [-0.25, -0.2) is 4.39 Å². The van der Waals surface area contributed by atoms with Gasteiger partial charge in [-0.05, 0) is 13.0 Å². The van der Waals surface area contributed by atoms with Crippen LogP contribution in [0.5, 0.6) is 0 Å². The molecule has 0 saturated heterocycles. The maximum absolute atomic E-state index is 13.6. The van der Waals surface area contributed by atoms with Gasteiger partial charge in [-0.2, -0.15) is 4.98 Å². The third kappa shape index (κ3) is 2.34. The van der Waals surface area contributed by atoms with Gasteiger partial charge in [-0.3, -0.25) is 0 Å². The molecule has 1 aromatic carbocycles. The van der Waals surface area contributed by atoms with Crippen LogP contribution in [-0.4, -0.2) is 10.1 Å². The quantitative estimate of drug-likeness (QED) is 0.885. The average Bonchev–Trinajstić information content (AvgIpc) is 2.80. The summed E-state index contributed by atoms with van der Waals surface area (Å²) in [6.07, 6.45) is 0.635. The molecular formula is C12H14FN3O. The van der Waals surface area contributed by atoms with E-state index in [2.05, 4.69) is 10.1 Å². The zero-order valence-electron chi connectivity index (χ0n) is 9.77. The van der Waals surface area contributed by atoms with Gasteiger partial charge in [0.2, 0.25) is 5.89 Å². The Kier molecular flexibility index (Phi) is 3.19. The predicted octanol–water partition coefficient (Wildman–Crippen LogP) is 2.13. The van der Waals surface area contributed by atoms with Crippen LogP contribution < -0.4 is 5.73 Å². The SMILES string of the molecule is CCc1nc(C(N)c2cc(C)ccc2F)no1. The first-order valence-corrected chi connectivity index (χ1v) is 5.46. The lowest BCUT2D eigenvalue weighted by Crippen LogP contribution is -2.15. The number of rotatable bonds is 3. The van der Waals surface area contributed by atoms with Crippen LogP contribution in [0.2, 0.25) is 0 Å². The number of aryl methyl sites for hydroxylation is 2. The fourth-order valence-electron chi connectivity index (χ4n) is 1.58. The fourth-order valence-corrected chi connectivity index (χ4v) is 1.58. The van der Waals surface area contributed by atoms with Gasteiger partial charge in [-0.15, -0.1) is 0 Å². The first kappa shape index (κ1) is 11.7. The second-order valence-corrected chi connectivity index (χ2v) is 3.90. The summed E-state index contributed by atoms with van der Waals surface area (Å²) in [4.78, 5) is 4.11. The van der Waals surface area contributed by atoms with Crippen molar-refractivity contribution in [3.8, 4) is 0 Å². The third-order valence-electron chi connectivity index (χ3n) is 2.55. The second-order valence-electron chi connectivity index (χ2n) is 3.90. The molecule has 1 heterocycles. The third-order valence-corrected chi connectivity index (χ3v) is 2.55. The molecule has 0 radical (unpaired) electrons. The van der Waals surface area contributed by atoms with E-state index in [1.165, 1.54) is 6.07 Å². The Morgan fingerprint density at radius 2 is 2.24 bits per heavy atom. The van der Waals surface area contributed by atoms with Gasteiger partial charge < -0.3 is 10.3 Å². The van der Waals surface area contributed by atoms with Gasteiger partial charge in [0.1, 0.15) is 5.82 Å². The van der Waals surface area contributed by atoms with Crippen LogP contribution in [0.4, 0.5) is 4.39 Å². The van der Waals surface area contributed by atoms with Crippen molar-refractivity contribution in [1.82, 2.24) is 10.1 Å². The Labute approximate surface area is 98.6 Å². The smallest absolute Gasteiger partial charge is 0.226 e. The molecule has 0 amide bonds. The van der Waals surface area contributed by atoms with Crippen LogP contribution in [0.1, 0.15) is 35.8 Å². The van der Waals surface area contributed by atoms with Crippen molar-refractivity contribution in [1.29, 1.82) is 0 Å². The Morgan fingerprint density at radius 3 is 2.88 bits per heavy atom. The van der Waals surface area contributed by atoms with Gasteiger partial charge in [-0.1, -0.05) is 29.8 Å². The highest BCUT2D eigenvalue weighted by atomic mass is 19.1. The van der Waals surface area contributed by atoms with E-state index in [0.29, 0.717) is 23.7 Å². The number of benzene rings is 1. The van der Waals surface area contributed by atoms with E-state index in [0.717, 1.165) is 5.56 Å². The van der Waals surface area contributed by atoms with Gasteiger partial charge in [0.05, 0.1) is 6.04 Å². The molecule has 0 aliphatic heterocycles. The van der Waals surface area contributed by atoms with Gasteiger partial charge in [0.15, 0.2) is 5.82 Å². The molecule has 90 valence electrons. The van der Waals surface area contributed by atoms with Crippen LogP contribution in [-0.2, 0) is 6.42 Å². The number of aromatic nitrogens is 2. The van der Waals surface area contributed by atoms with Crippen molar-refractivity contribution >= 4 is 0 Å². The number of halogens is 1. The highest BCUT2D eigenvalue weighted by molar-refractivity contribution is 5.29. The number of nitrogens with zero attached hydrogens (tertiary/aromatic N) is 2. The molecule has 0 aliphatic carbocycles. The summed E-state index contributed by atoms with van der Waals surface area (Å²) in [5.74, 6) is 0.459. The van der Waals surface area contributed by atoms with E-state index in [-0.39, 0.29) is 5.82 Å². The zero-order chi connectivity index (χ0) is 12.4. The lowest BCUT2D eigenvalue weighted by atomic mass is 10.0. The van der Waals surface area contributed by atoms with Crippen molar-refractivity contribution in [2.45, 2.75) is 26.3 Å². The molecule has 0 bridgehead atoms. The number of hydrogen-bond acceptors (Lipinski definition) is 4. The maximum Gasteiger partial charge on any atom is 0.226 e. The summed E-state index contributed by atoms with van der Waals surface area (Å²) in [5, 5.41) is 3.76. The summed E-state index contributed by atoms with van der Waals surface area (Å²) in [6.45, 7) is 3.78. The molecule has 2 aromatic rings. The molecule has 2 N–H and O–H groups in total. The van der Waals surface area contributed by atoms with E-state index >= 15 is 0 Å². The molecular weight excluding hydrogens is 221 g/mol. The standard InChI is InChI=1S/C12H14FN3O/c1-3-10-15-12(16-17-10)11(14)8-6-7(2)4-5-9(8)13/h4-6,11H,3,14H2,1-2H3. The molecule has 0 fully saturated rings. The molecule has 1 atom stereocenters. The molecule has 0 saturated carbocycles. The molecule has 0 aliphatic rings. The van der Waals surface area contributed by atoms with Crippen LogP contribution in [0.15, 0.2) is 22.7 Å². The van der Waals surface area contributed by atoms with Gasteiger partial charge >= 0.3 is 0 Å². The molecule has 0 spiro atoms. The minimum atomic E-state index is -0.695. The van der Waals surface area contributed by atoms with E-state index in [1.54, 1.807) is 12.1 Å². The first-order valence-electron chi connectivity index (χ1n) is 5.46. The Morgan fingerprint density at radius 1 is 1.47 bits per heavy atom. The monoisotopic (exact) mass is 235 g/mol. The normalized spacial score (nSPS) is 12.7. The van der Waals surface area contributed by atoms with Crippen molar-refractivity contribution in [2.24, 2.45) is 5.73 Å². The zero-order valence-corrected chi connectivity index (χ0v) is 9.77. The topological polar surface area (TPSA) is 64.9 Å². The van der Waals surface area contributed by atoms with E-state index in [1.807, 2.05) is 13.8 Å². The maximum atomic E-state index is 13.6. The Hall–Kier alpha value is -1.75. The van der Waals surface area contributed by atoms with Crippen molar-refractivity contribution in [2.75, 3.05) is 0 Å². The molecule has 1 aromatic heterocycles.